The van der Waals surface area contributed by atoms with Gasteiger partial charge in [0.25, 0.3) is 0 Å². The van der Waals surface area contributed by atoms with Crippen molar-refractivity contribution < 1.29 is 9.53 Å². The molecule has 1 aromatic carbocycles. The standard InChI is InChI=1S/C15H20O2/c1-3-5-12-17-15(16)11-10-14-9-7-6-8-13(14)4-2/h6-11H,3-5,12H2,1-2H3/b11-10+. The molecule has 92 valence electrons. The summed E-state index contributed by atoms with van der Waals surface area (Å²) < 4.78 is 5.05. The summed E-state index contributed by atoms with van der Waals surface area (Å²) in [5.74, 6) is -0.260. The molecule has 17 heavy (non-hydrogen) atoms. The third-order valence-electron chi connectivity index (χ3n) is 2.58. The lowest BCUT2D eigenvalue weighted by atomic mass is 10.1. The zero-order valence-electron chi connectivity index (χ0n) is 10.6. The maximum Gasteiger partial charge on any atom is 0.330 e. The van der Waals surface area contributed by atoms with Gasteiger partial charge in [0, 0.05) is 6.08 Å². The van der Waals surface area contributed by atoms with Crippen LogP contribution in [0.5, 0.6) is 0 Å². The Hall–Kier alpha value is -1.57. The van der Waals surface area contributed by atoms with E-state index in [1.807, 2.05) is 24.3 Å². The van der Waals surface area contributed by atoms with E-state index in [-0.39, 0.29) is 5.97 Å². The van der Waals surface area contributed by atoms with E-state index in [9.17, 15) is 4.79 Å². The van der Waals surface area contributed by atoms with Gasteiger partial charge in [-0.25, -0.2) is 4.79 Å². The largest absolute Gasteiger partial charge is 0.463 e. The summed E-state index contributed by atoms with van der Waals surface area (Å²) in [6.07, 6.45) is 6.25. The van der Waals surface area contributed by atoms with Gasteiger partial charge in [-0.3, -0.25) is 0 Å². The molecule has 0 unspecified atom stereocenters. The number of carbonyl (C=O) groups excluding carboxylic acids is 1. The highest BCUT2D eigenvalue weighted by atomic mass is 16.5. The van der Waals surface area contributed by atoms with Gasteiger partial charge in [0.2, 0.25) is 0 Å². The van der Waals surface area contributed by atoms with Crippen LogP contribution in [0.3, 0.4) is 0 Å². The minimum absolute atomic E-state index is 0.260. The van der Waals surface area contributed by atoms with Gasteiger partial charge in [-0.1, -0.05) is 44.5 Å². The van der Waals surface area contributed by atoms with Crippen LogP contribution in [0.4, 0.5) is 0 Å². The normalized spacial score (nSPS) is 10.7. The summed E-state index contributed by atoms with van der Waals surface area (Å²) in [7, 11) is 0. The SMILES string of the molecule is CCCCOC(=O)/C=C/c1ccccc1CC. The molecule has 0 spiro atoms. The second-order valence-corrected chi connectivity index (χ2v) is 3.91. The average Bonchev–Trinajstić information content (AvgIpc) is 2.37. The van der Waals surface area contributed by atoms with E-state index in [0.29, 0.717) is 6.61 Å². The zero-order valence-corrected chi connectivity index (χ0v) is 10.6. The fraction of sp³-hybridized carbons (Fsp3) is 0.400. The molecule has 0 aliphatic carbocycles. The van der Waals surface area contributed by atoms with Crippen LogP contribution >= 0.6 is 0 Å². The molecular weight excluding hydrogens is 212 g/mol. The van der Waals surface area contributed by atoms with Crippen molar-refractivity contribution >= 4 is 12.0 Å². The number of unbranched alkanes of at least 4 members (excludes halogenated alkanes) is 1. The van der Waals surface area contributed by atoms with Gasteiger partial charge in [0.05, 0.1) is 6.61 Å². The summed E-state index contributed by atoms with van der Waals surface area (Å²) in [5, 5.41) is 0. The van der Waals surface area contributed by atoms with Crippen LogP contribution < -0.4 is 0 Å². The molecule has 2 heteroatoms. The molecule has 0 heterocycles. The first-order chi connectivity index (χ1) is 8.27. The van der Waals surface area contributed by atoms with E-state index in [1.54, 1.807) is 0 Å². The van der Waals surface area contributed by atoms with Crippen LogP contribution in [0.2, 0.25) is 0 Å². The van der Waals surface area contributed by atoms with Crippen LogP contribution in [0.15, 0.2) is 30.3 Å². The molecule has 0 radical (unpaired) electrons. The Morgan fingerprint density at radius 2 is 2.06 bits per heavy atom. The average molecular weight is 232 g/mol. The molecule has 0 bridgehead atoms. The Morgan fingerprint density at radius 3 is 2.76 bits per heavy atom. The highest BCUT2D eigenvalue weighted by Gasteiger charge is 1.98. The van der Waals surface area contributed by atoms with Crippen molar-refractivity contribution in [1.82, 2.24) is 0 Å². The molecule has 0 saturated carbocycles. The van der Waals surface area contributed by atoms with Gasteiger partial charge >= 0.3 is 5.97 Å². The Balaban J connectivity index is 2.54. The highest BCUT2D eigenvalue weighted by molar-refractivity contribution is 5.87. The Bertz CT molecular complexity index is 380. The first kappa shape index (κ1) is 13.5. The van der Waals surface area contributed by atoms with Crippen molar-refractivity contribution in [3.05, 3.63) is 41.5 Å². The van der Waals surface area contributed by atoms with Crippen molar-refractivity contribution in [3.8, 4) is 0 Å². The maximum atomic E-state index is 11.4. The Morgan fingerprint density at radius 1 is 1.29 bits per heavy atom. The first-order valence-electron chi connectivity index (χ1n) is 6.20. The molecular formula is C15H20O2. The van der Waals surface area contributed by atoms with E-state index in [0.717, 1.165) is 24.8 Å². The monoisotopic (exact) mass is 232 g/mol. The summed E-state index contributed by atoms with van der Waals surface area (Å²) in [5.41, 5.74) is 2.33. The van der Waals surface area contributed by atoms with Crippen molar-refractivity contribution in [2.24, 2.45) is 0 Å². The fourth-order valence-corrected chi connectivity index (χ4v) is 1.54. The number of esters is 1. The fourth-order valence-electron chi connectivity index (χ4n) is 1.54. The van der Waals surface area contributed by atoms with Gasteiger partial charge in [-0.05, 0) is 30.0 Å². The number of carbonyl (C=O) groups is 1. The van der Waals surface area contributed by atoms with Crippen LogP contribution in [0, 0.1) is 0 Å². The molecule has 0 amide bonds. The number of rotatable bonds is 6. The van der Waals surface area contributed by atoms with Crippen LogP contribution in [0.25, 0.3) is 6.08 Å². The maximum absolute atomic E-state index is 11.4. The number of benzene rings is 1. The van der Waals surface area contributed by atoms with E-state index < -0.39 is 0 Å². The predicted octanol–water partition coefficient (Wildman–Crippen LogP) is 3.61. The molecule has 0 fully saturated rings. The molecule has 0 aliphatic heterocycles. The summed E-state index contributed by atoms with van der Waals surface area (Å²) in [6.45, 7) is 4.68. The molecule has 1 aromatic rings. The van der Waals surface area contributed by atoms with Crippen molar-refractivity contribution in [2.75, 3.05) is 6.61 Å². The van der Waals surface area contributed by atoms with Gasteiger partial charge in [0.15, 0.2) is 0 Å². The molecule has 0 atom stereocenters. The molecule has 0 saturated heterocycles. The van der Waals surface area contributed by atoms with Crippen molar-refractivity contribution in [1.29, 1.82) is 0 Å². The van der Waals surface area contributed by atoms with Gasteiger partial charge in [-0.15, -0.1) is 0 Å². The first-order valence-corrected chi connectivity index (χ1v) is 6.20. The van der Waals surface area contributed by atoms with Crippen molar-refractivity contribution in [2.45, 2.75) is 33.1 Å². The minimum atomic E-state index is -0.260. The number of aryl methyl sites for hydroxylation is 1. The smallest absolute Gasteiger partial charge is 0.330 e. The summed E-state index contributed by atoms with van der Waals surface area (Å²) in [6, 6.07) is 8.06. The summed E-state index contributed by atoms with van der Waals surface area (Å²) >= 11 is 0. The quantitative estimate of drug-likeness (QED) is 0.425. The molecule has 0 N–H and O–H groups in total. The predicted molar refractivity (Wildman–Crippen MR) is 70.7 cm³/mol. The lowest BCUT2D eigenvalue weighted by Gasteiger charge is -2.02. The zero-order chi connectivity index (χ0) is 12.5. The lowest BCUT2D eigenvalue weighted by Crippen LogP contribution is -2.01. The van der Waals surface area contributed by atoms with Crippen LogP contribution in [-0.4, -0.2) is 12.6 Å². The van der Waals surface area contributed by atoms with Crippen LogP contribution in [-0.2, 0) is 16.0 Å². The number of hydrogen-bond donors (Lipinski definition) is 0. The molecule has 2 nitrogen and oxygen atoms in total. The van der Waals surface area contributed by atoms with Gasteiger partial charge in [-0.2, -0.15) is 0 Å². The minimum Gasteiger partial charge on any atom is -0.463 e. The molecule has 1 rings (SSSR count). The van der Waals surface area contributed by atoms with E-state index >= 15 is 0 Å². The second-order valence-electron chi connectivity index (χ2n) is 3.91. The number of ether oxygens (including phenoxy) is 1. The van der Waals surface area contributed by atoms with E-state index in [1.165, 1.54) is 11.6 Å². The Kier molecular flexibility index (Phi) is 6.08. The summed E-state index contributed by atoms with van der Waals surface area (Å²) in [4.78, 5) is 11.4. The Labute approximate surface area is 103 Å². The lowest BCUT2D eigenvalue weighted by molar-refractivity contribution is -0.137. The molecule has 0 aromatic heterocycles. The molecule has 0 aliphatic rings. The number of hydrogen-bond acceptors (Lipinski definition) is 2. The third-order valence-corrected chi connectivity index (χ3v) is 2.58. The second kappa shape index (κ2) is 7.66. The van der Waals surface area contributed by atoms with E-state index in [4.69, 9.17) is 4.74 Å². The van der Waals surface area contributed by atoms with E-state index in [2.05, 4.69) is 19.9 Å². The highest BCUT2D eigenvalue weighted by Crippen LogP contribution is 2.11. The van der Waals surface area contributed by atoms with Gasteiger partial charge < -0.3 is 4.74 Å². The van der Waals surface area contributed by atoms with Crippen molar-refractivity contribution in [3.63, 3.8) is 0 Å². The van der Waals surface area contributed by atoms with Gasteiger partial charge in [0.1, 0.15) is 0 Å². The van der Waals surface area contributed by atoms with Crippen LogP contribution in [0.1, 0.15) is 37.8 Å². The topological polar surface area (TPSA) is 26.3 Å². The third kappa shape index (κ3) is 4.85.